The van der Waals surface area contributed by atoms with Crippen LogP contribution in [-0.4, -0.2) is 29.2 Å². The lowest BCUT2D eigenvalue weighted by Gasteiger charge is -2.10. The molecule has 0 saturated heterocycles. The second-order valence-electron chi connectivity index (χ2n) is 5.89. The molecule has 28 heavy (non-hydrogen) atoms. The van der Waals surface area contributed by atoms with Gasteiger partial charge < -0.3 is 19.2 Å². The van der Waals surface area contributed by atoms with Gasteiger partial charge in [0.15, 0.2) is 5.76 Å². The number of nitrogens with zero attached hydrogens (tertiary/aromatic N) is 3. The molecule has 0 fully saturated rings. The Balaban J connectivity index is 1.60. The summed E-state index contributed by atoms with van der Waals surface area (Å²) < 4.78 is 16.4. The highest BCUT2D eigenvalue weighted by molar-refractivity contribution is 5.62. The number of hydrogen-bond acceptors (Lipinski definition) is 7. The third-order valence-corrected chi connectivity index (χ3v) is 4.04. The molecular formula is C21H18N4O3. The van der Waals surface area contributed by atoms with Crippen LogP contribution in [0.15, 0.2) is 71.4 Å². The predicted octanol–water partition coefficient (Wildman–Crippen LogP) is 4.56. The SMILES string of the molecule is COc1cc(Nc2nccc(-c3cnc(-c4ccccc4)o3)n2)cc(OC)c1. The van der Waals surface area contributed by atoms with Crippen LogP contribution in [-0.2, 0) is 0 Å². The number of methoxy groups -OCH3 is 2. The molecule has 0 amide bonds. The first-order valence-corrected chi connectivity index (χ1v) is 8.60. The van der Waals surface area contributed by atoms with Crippen LogP contribution in [0.2, 0.25) is 0 Å². The standard InChI is InChI=1S/C21H18N4O3/c1-26-16-10-15(11-17(12-16)27-2)24-21-22-9-8-18(25-21)19-13-23-20(28-19)14-6-4-3-5-7-14/h3-13H,1-2H3,(H,22,24,25). The van der Waals surface area contributed by atoms with E-state index < -0.39 is 0 Å². The van der Waals surface area contributed by atoms with Crippen molar-refractivity contribution >= 4 is 11.6 Å². The summed E-state index contributed by atoms with van der Waals surface area (Å²) in [5, 5.41) is 3.16. The number of ether oxygens (including phenoxy) is 2. The topological polar surface area (TPSA) is 82.3 Å². The van der Waals surface area contributed by atoms with Crippen molar-refractivity contribution < 1.29 is 13.9 Å². The molecule has 2 aromatic carbocycles. The zero-order valence-electron chi connectivity index (χ0n) is 15.4. The fourth-order valence-corrected chi connectivity index (χ4v) is 2.67. The summed E-state index contributed by atoms with van der Waals surface area (Å²) in [4.78, 5) is 13.1. The fraction of sp³-hybridized carbons (Fsp3) is 0.0952. The molecule has 2 heterocycles. The summed E-state index contributed by atoms with van der Waals surface area (Å²) in [6.45, 7) is 0. The molecule has 7 nitrogen and oxygen atoms in total. The van der Waals surface area contributed by atoms with E-state index in [9.17, 15) is 0 Å². The second-order valence-corrected chi connectivity index (χ2v) is 5.89. The third kappa shape index (κ3) is 3.78. The number of anilines is 2. The van der Waals surface area contributed by atoms with Gasteiger partial charge >= 0.3 is 0 Å². The van der Waals surface area contributed by atoms with Crippen molar-refractivity contribution in [1.82, 2.24) is 15.0 Å². The van der Waals surface area contributed by atoms with Gasteiger partial charge in [0.2, 0.25) is 11.8 Å². The molecule has 0 unspecified atom stereocenters. The first kappa shape index (κ1) is 17.5. The lowest BCUT2D eigenvalue weighted by atomic mass is 10.2. The van der Waals surface area contributed by atoms with Crippen LogP contribution in [0.5, 0.6) is 11.5 Å². The van der Waals surface area contributed by atoms with Gasteiger partial charge in [-0.2, -0.15) is 0 Å². The van der Waals surface area contributed by atoms with E-state index in [2.05, 4.69) is 20.3 Å². The van der Waals surface area contributed by atoms with Crippen LogP contribution < -0.4 is 14.8 Å². The Morgan fingerprint density at radius 1 is 0.893 bits per heavy atom. The normalized spacial score (nSPS) is 10.5. The molecule has 140 valence electrons. The molecule has 0 aliphatic carbocycles. The summed E-state index contributed by atoms with van der Waals surface area (Å²) >= 11 is 0. The Morgan fingerprint density at radius 2 is 1.64 bits per heavy atom. The predicted molar refractivity (Wildman–Crippen MR) is 106 cm³/mol. The lowest BCUT2D eigenvalue weighted by Crippen LogP contribution is -1.98. The molecular weight excluding hydrogens is 356 g/mol. The Morgan fingerprint density at radius 3 is 2.36 bits per heavy atom. The summed E-state index contributed by atoms with van der Waals surface area (Å²) in [5.41, 5.74) is 2.28. The number of benzene rings is 2. The first-order valence-electron chi connectivity index (χ1n) is 8.60. The van der Waals surface area contributed by atoms with Crippen LogP contribution in [0.1, 0.15) is 0 Å². The molecule has 1 N–H and O–H groups in total. The van der Waals surface area contributed by atoms with Gasteiger partial charge in [0.25, 0.3) is 0 Å². The van der Waals surface area contributed by atoms with Gasteiger partial charge in [-0.25, -0.2) is 15.0 Å². The highest BCUT2D eigenvalue weighted by Crippen LogP contribution is 2.28. The number of aromatic nitrogens is 3. The number of hydrogen-bond donors (Lipinski definition) is 1. The largest absolute Gasteiger partial charge is 0.497 e. The molecule has 7 heteroatoms. The first-order chi connectivity index (χ1) is 13.7. The second kappa shape index (κ2) is 7.79. The molecule has 4 aromatic rings. The highest BCUT2D eigenvalue weighted by atomic mass is 16.5. The number of rotatable bonds is 6. The molecule has 0 atom stereocenters. The molecule has 2 aromatic heterocycles. The molecule has 0 saturated carbocycles. The van der Waals surface area contributed by atoms with Crippen molar-refractivity contribution in [1.29, 1.82) is 0 Å². The molecule has 0 aliphatic heterocycles. The van der Waals surface area contributed by atoms with Crippen molar-refractivity contribution in [3.8, 4) is 34.4 Å². The van der Waals surface area contributed by atoms with Gasteiger partial charge in [0, 0.05) is 35.6 Å². The zero-order valence-corrected chi connectivity index (χ0v) is 15.4. The van der Waals surface area contributed by atoms with E-state index in [0.717, 1.165) is 11.3 Å². The minimum absolute atomic E-state index is 0.422. The summed E-state index contributed by atoms with van der Waals surface area (Å²) in [5.74, 6) is 2.86. The van der Waals surface area contributed by atoms with Crippen LogP contribution >= 0.6 is 0 Å². The van der Waals surface area contributed by atoms with Gasteiger partial charge in [0.05, 0.1) is 20.4 Å². The number of nitrogens with one attached hydrogen (secondary N) is 1. The van der Waals surface area contributed by atoms with Crippen molar-refractivity contribution in [2.24, 2.45) is 0 Å². The average Bonchev–Trinajstić information content (AvgIpc) is 3.24. The molecule has 0 radical (unpaired) electrons. The van der Waals surface area contributed by atoms with Gasteiger partial charge in [-0.1, -0.05) is 18.2 Å². The maximum Gasteiger partial charge on any atom is 0.227 e. The molecule has 0 spiro atoms. The van der Waals surface area contributed by atoms with Gasteiger partial charge in [-0.15, -0.1) is 0 Å². The van der Waals surface area contributed by atoms with Crippen LogP contribution in [0, 0.1) is 0 Å². The van der Waals surface area contributed by atoms with Gasteiger partial charge in [-0.05, 0) is 18.2 Å². The highest BCUT2D eigenvalue weighted by Gasteiger charge is 2.11. The van der Waals surface area contributed by atoms with Gasteiger partial charge in [0.1, 0.15) is 17.2 Å². The molecule has 0 bridgehead atoms. The Labute approximate surface area is 162 Å². The minimum atomic E-state index is 0.422. The van der Waals surface area contributed by atoms with E-state index >= 15 is 0 Å². The van der Waals surface area contributed by atoms with Crippen molar-refractivity contribution in [3.63, 3.8) is 0 Å². The Bertz CT molecular complexity index is 1060. The van der Waals surface area contributed by atoms with E-state index in [1.807, 2.05) is 42.5 Å². The fourth-order valence-electron chi connectivity index (χ4n) is 2.67. The summed E-state index contributed by atoms with van der Waals surface area (Å²) in [7, 11) is 3.20. The smallest absolute Gasteiger partial charge is 0.227 e. The van der Waals surface area contributed by atoms with Crippen molar-refractivity contribution in [3.05, 3.63) is 67.0 Å². The Kier molecular flexibility index (Phi) is 4.88. The van der Waals surface area contributed by atoms with E-state index in [0.29, 0.717) is 34.8 Å². The zero-order chi connectivity index (χ0) is 19.3. The van der Waals surface area contributed by atoms with Crippen molar-refractivity contribution in [2.45, 2.75) is 0 Å². The van der Waals surface area contributed by atoms with Gasteiger partial charge in [-0.3, -0.25) is 0 Å². The molecule has 0 aliphatic rings. The maximum absolute atomic E-state index is 5.86. The van der Waals surface area contributed by atoms with E-state index in [-0.39, 0.29) is 0 Å². The van der Waals surface area contributed by atoms with Crippen LogP contribution in [0.3, 0.4) is 0 Å². The quantitative estimate of drug-likeness (QED) is 0.530. The van der Waals surface area contributed by atoms with E-state index in [1.165, 1.54) is 0 Å². The van der Waals surface area contributed by atoms with Crippen molar-refractivity contribution in [2.75, 3.05) is 19.5 Å². The van der Waals surface area contributed by atoms with Crippen LogP contribution in [0.4, 0.5) is 11.6 Å². The lowest BCUT2D eigenvalue weighted by molar-refractivity contribution is 0.395. The average molecular weight is 374 g/mol. The minimum Gasteiger partial charge on any atom is -0.497 e. The monoisotopic (exact) mass is 374 g/mol. The summed E-state index contributed by atoms with van der Waals surface area (Å²) in [6, 6.07) is 16.9. The summed E-state index contributed by atoms with van der Waals surface area (Å²) in [6.07, 6.45) is 3.32. The Hall–Kier alpha value is -3.87. The van der Waals surface area contributed by atoms with E-state index in [4.69, 9.17) is 13.9 Å². The molecule has 4 rings (SSSR count). The third-order valence-electron chi connectivity index (χ3n) is 4.04. The number of oxazole rings is 1. The van der Waals surface area contributed by atoms with Crippen LogP contribution in [0.25, 0.3) is 22.9 Å². The van der Waals surface area contributed by atoms with E-state index in [1.54, 1.807) is 38.7 Å². The maximum atomic E-state index is 5.86.